The van der Waals surface area contributed by atoms with Crippen molar-refractivity contribution in [2.75, 3.05) is 7.11 Å². The first-order valence-electron chi connectivity index (χ1n) is 7.17. The Morgan fingerprint density at radius 2 is 1.68 bits per heavy atom. The van der Waals surface area contributed by atoms with Crippen LogP contribution in [0.15, 0.2) is 0 Å². The van der Waals surface area contributed by atoms with Crippen LogP contribution in [0.3, 0.4) is 0 Å². The molecule has 2 unspecified atom stereocenters. The summed E-state index contributed by atoms with van der Waals surface area (Å²) in [4.78, 5) is 23.1. The number of hydrogen-bond acceptors (Lipinski definition) is 3. The lowest BCUT2D eigenvalue weighted by atomic mass is 9.81. The van der Waals surface area contributed by atoms with Crippen LogP contribution in [-0.4, -0.2) is 36.2 Å². The summed E-state index contributed by atoms with van der Waals surface area (Å²) >= 11 is 0. The van der Waals surface area contributed by atoms with Crippen molar-refractivity contribution in [3.63, 3.8) is 0 Å². The zero-order valence-electron chi connectivity index (χ0n) is 11.4. The van der Waals surface area contributed by atoms with Crippen molar-refractivity contribution in [1.29, 1.82) is 0 Å². The van der Waals surface area contributed by atoms with Crippen molar-refractivity contribution in [2.24, 2.45) is 11.8 Å². The molecular formula is C14H23NO4. The van der Waals surface area contributed by atoms with Gasteiger partial charge in [-0.25, -0.2) is 0 Å². The van der Waals surface area contributed by atoms with Crippen LogP contribution >= 0.6 is 0 Å². The predicted octanol–water partition coefficient (Wildman–Crippen LogP) is 1.56. The number of amides is 1. The van der Waals surface area contributed by atoms with Crippen LogP contribution in [0.5, 0.6) is 0 Å². The van der Waals surface area contributed by atoms with Gasteiger partial charge in [-0.15, -0.1) is 0 Å². The maximum absolute atomic E-state index is 12.2. The van der Waals surface area contributed by atoms with Gasteiger partial charge in [0.15, 0.2) is 0 Å². The highest BCUT2D eigenvalue weighted by Gasteiger charge is 2.33. The molecule has 0 heterocycles. The number of carbonyl (C=O) groups excluding carboxylic acids is 1. The second-order valence-electron chi connectivity index (χ2n) is 5.71. The highest BCUT2D eigenvalue weighted by atomic mass is 16.5. The van der Waals surface area contributed by atoms with Crippen LogP contribution in [0.1, 0.15) is 44.9 Å². The number of nitrogens with one attached hydrogen (secondary N) is 1. The molecule has 2 saturated carbocycles. The standard InChI is InChI=1S/C14H23NO4/c1-19-12-4-2-3-11(12)15-13(16)9-5-7-10(8-6-9)14(17)18/h9-12H,2-8H2,1H3,(H,15,16)(H,17,18). The van der Waals surface area contributed by atoms with Gasteiger partial charge in [-0.3, -0.25) is 9.59 Å². The molecule has 2 rings (SSSR count). The summed E-state index contributed by atoms with van der Waals surface area (Å²) in [6, 6.07) is 0.134. The Balaban J connectivity index is 1.80. The van der Waals surface area contributed by atoms with E-state index in [1.807, 2.05) is 0 Å². The number of ether oxygens (including phenoxy) is 1. The van der Waals surface area contributed by atoms with Gasteiger partial charge in [0, 0.05) is 13.0 Å². The molecule has 0 bridgehead atoms. The molecule has 2 fully saturated rings. The number of carbonyl (C=O) groups is 2. The quantitative estimate of drug-likeness (QED) is 0.812. The minimum absolute atomic E-state index is 0.0197. The van der Waals surface area contributed by atoms with Gasteiger partial charge in [-0.2, -0.15) is 0 Å². The van der Waals surface area contributed by atoms with Crippen molar-refractivity contribution in [3.8, 4) is 0 Å². The first-order chi connectivity index (χ1) is 9.11. The average molecular weight is 269 g/mol. The van der Waals surface area contributed by atoms with Gasteiger partial charge >= 0.3 is 5.97 Å². The smallest absolute Gasteiger partial charge is 0.306 e. The summed E-state index contributed by atoms with van der Waals surface area (Å²) in [5, 5.41) is 12.0. The average Bonchev–Trinajstić information content (AvgIpc) is 2.86. The number of carboxylic acids is 1. The molecule has 0 aromatic carbocycles. The molecule has 2 N–H and O–H groups in total. The lowest BCUT2D eigenvalue weighted by Crippen LogP contribution is -2.44. The molecule has 5 heteroatoms. The SMILES string of the molecule is COC1CCCC1NC(=O)C1CCC(C(=O)O)CC1. The van der Waals surface area contributed by atoms with E-state index in [1.165, 1.54) is 0 Å². The molecule has 0 aromatic rings. The predicted molar refractivity (Wildman–Crippen MR) is 69.7 cm³/mol. The molecular weight excluding hydrogens is 246 g/mol. The van der Waals surface area contributed by atoms with Gasteiger partial charge in [-0.05, 0) is 44.9 Å². The van der Waals surface area contributed by atoms with E-state index >= 15 is 0 Å². The van der Waals surface area contributed by atoms with Crippen LogP contribution < -0.4 is 5.32 Å². The molecule has 2 aliphatic carbocycles. The molecule has 0 aliphatic heterocycles. The maximum Gasteiger partial charge on any atom is 0.306 e. The fraction of sp³-hybridized carbons (Fsp3) is 0.857. The van der Waals surface area contributed by atoms with Crippen molar-refractivity contribution in [3.05, 3.63) is 0 Å². The number of rotatable bonds is 4. The molecule has 5 nitrogen and oxygen atoms in total. The largest absolute Gasteiger partial charge is 0.481 e. The van der Waals surface area contributed by atoms with Crippen LogP contribution in [0.4, 0.5) is 0 Å². The monoisotopic (exact) mass is 269 g/mol. The molecule has 2 atom stereocenters. The normalized spacial score (nSPS) is 35.0. The van der Waals surface area contributed by atoms with E-state index in [0.29, 0.717) is 25.7 Å². The molecule has 0 aromatic heterocycles. The Labute approximate surface area is 113 Å². The third-order valence-electron chi connectivity index (χ3n) is 4.53. The second-order valence-corrected chi connectivity index (χ2v) is 5.71. The van der Waals surface area contributed by atoms with E-state index in [-0.39, 0.29) is 29.9 Å². The molecule has 2 aliphatic rings. The Hall–Kier alpha value is -1.10. The van der Waals surface area contributed by atoms with E-state index in [0.717, 1.165) is 19.3 Å². The summed E-state index contributed by atoms with van der Waals surface area (Å²) in [7, 11) is 1.69. The minimum atomic E-state index is -0.728. The summed E-state index contributed by atoms with van der Waals surface area (Å²) in [5.41, 5.74) is 0. The number of carboxylic acid groups (broad SMARTS) is 1. The topological polar surface area (TPSA) is 75.6 Å². The highest BCUT2D eigenvalue weighted by molar-refractivity contribution is 5.79. The van der Waals surface area contributed by atoms with Crippen LogP contribution in [0, 0.1) is 11.8 Å². The summed E-state index contributed by atoms with van der Waals surface area (Å²) in [5.74, 6) is -0.928. The Kier molecular flexibility index (Phi) is 4.80. The Morgan fingerprint density at radius 3 is 2.26 bits per heavy atom. The molecule has 0 saturated heterocycles. The van der Waals surface area contributed by atoms with E-state index < -0.39 is 5.97 Å². The highest BCUT2D eigenvalue weighted by Crippen LogP contribution is 2.30. The van der Waals surface area contributed by atoms with Crippen molar-refractivity contribution < 1.29 is 19.4 Å². The number of aliphatic carboxylic acids is 1. The second kappa shape index (κ2) is 6.37. The van der Waals surface area contributed by atoms with E-state index in [1.54, 1.807) is 7.11 Å². The molecule has 1 amide bonds. The van der Waals surface area contributed by atoms with Crippen molar-refractivity contribution in [1.82, 2.24) is 5.32 Å². The van der Waals surface area contributed by atoms with Crippen molar-refractivity contribution >= 4 is 11.9 Å². The fourth-order valence-electron chi connectivity index (χ4n) is 3.28. The van der Waals surface area contributed by atoms with Crippen LogP contribution in [-0.2, 0) is 14.3 Å². The molecule has 19 heavy (non-hydrogen) atoms. The molecule has 0 radical (unpaired) electrons. The Morgan fingerprint density at radius 1 is 1.05 bits per heavy atom. The summed E-state index contributed by atoms with van der Waals surface area (Å²) < 4.78 is 5.37. The lowest BCUT2D eigenvalue weighted by Gasteiger charge is -2.27. The fourth-order valence-corrected chi connectivity index (χ4v) is 3.28. The van der Waals surface area contributed by atoms with E-state index in [9.17, 15) is 9.59 Å². The first kappa shape index (κ1) is 14.3. The zero-order chi connectivity index (χ0) is 13.8. The lowest BCUT2D eigenvalue weighted by molar-refractivity contribution is -0.144. The third-order valence-corrected chi connectivity index (χ3v) is 4.53. The van der Waals surface area contributed by atoms with Gasteiger partial charge in [0.05, 0.1) is 18.1 Å². The Bertz CT molecular complexity index is 336. The van der Waals surface area contributed by atoms with Gasteiger partial charge in [0.2, 0.25) is 5.91 Å². The van der Waals surface area contributed by atoms with Crippen LogP contribution in [0.25, 0.3) is 0 Å². The van der Waals surface area contributed by atoms with Gasteiger partial charge in [-0.1, -0.05) is 0 Å². The van der Waals surface area contributed by atoms with E-state index in [4.69, 9.17) is 9.84 Å². The van der Waals surface area contributed by atoms with Gasteiger partial charge < -0.3 is 15.2 Å². The number of hydrogen-bond donors (Lipinski definition) is 2. The summed E-state index contributed by atoms with van der Waals surface area (Å²) in [6.07, 6.45) is 5.83. The number of methoxy groups -OCH3 is 1. The molecule has 0 spiro atoms. The molecule has 108 valence electrons. The summed E-state index contributed by atoms with van der Waals surface area (Å²) in [6.45, 7) is 0. The maximum atomic E-state index is 12.2. The first-order valence-corrected chi connectivity index (χ1v) is 7.17. The zero-order valence-corrected chi connectivity index (χ0v) is 11.4. The van der Waals surface area contributed by atoms with E-state index in [2.05, 4.69) is 5.32 Å². The van der Waals surface area contributed by atoms with Crippen molar-refractivity contribution in [2.45, 2.75) is 57.1 Å². The third kappa shape index (κ3) is 3.47. The van der Waals surface area contributed by atoms with Crippen LogP contribution in [0.2, 0.25) is 0 Å². The van der Waals surface area contributed by atoms with Gasteiger partial charge in [0.25, 0.3) is 0 Å². The minimum Gasteiger partial charge on any atom is -0.481 e. The van der Waals surface area contributed by atoms with Gasteiger partial charge in [0.1, 0.15) is 0 Å².